The van der Waals surface area contributed by atoms with Crippen LogP contribution in [0.1, 0.15) is 31.4 Å². The Labute approximate surface area is 116 Å². The summed E-state index contributed by atoms with van der Waals surface area (Å²) in [7, 11) is 1.99. The largest absolute Gasteiger partial charge is 0.349 e. The fourth-order valence-corrected chi connectivity index (χ4v) is 2.42. The molecule has 1 nitrogen and oxygen atoms in total. The van der Waals surface area contributed by atoms with Crippen LogP contribution >= 0.6 is 15.9 Å². The normalized spacial score (nSPS) is 16.5. The maximum absolute atomic E-state index is 14.1. The molecule has 3 heteroatoms. The number of fused-ring (bicyclic) bond motifs is 1. The smallest absolute Gasteiger partial charge is 0.131 e. The lowest BCUT2D eigenvalue weighted by Gasteiger charge is -2.30. The monoisotopic (exact) mass is 309 g/mol. The standard InChI is InChI=1S/C15H17BrFN/c1-9-5-6-12-7-14(17)13(10(2)11(3)16)8-15(12)18(9)4/h7-8H,1,5-6H2,2-4H3/b11-10-. The number of benzene rings is 1. The number of hydrogen-bond acceptors (Lipinski definition) is 1. The lowest BCUT2D eigenvalue weighted by Crippen LogP contribution is -2.22. The number of nitrogens with zero attached hydrogens (tertiary/aromatic N) is 1. The Kier molecular flexibility index (Phi) is 3.62. The zero-order chi connectivity index (χ0) is 13.4. The highest BCUT2D eigenvalue weighted by Crippen LogP contribution is 2.35. The zero-order valence-electron chi connectivity index (χ0n) is 11.0. The van der Waals surface area contributed by atoms with Crippen LogP contribution in [0.25, 0.3) is 5.57 Å². The van der Waals surface area contributed by atoms with Gasteiger partial charge >= 0.3 is 0 Å². The van der Waals surface area contributed by atoms with Gasteiger partial charge in [0.25, 0.3) is 0 Å². The molecule has 18 heavy (non-hydrogen) atoms. The van der Waals surface area contributed by atoms with E-state index in [4.69, 9.17) is 0 Å². The Morgan fingerprint density at radius 3 is 2.61 bits per heavy atom. The summed E-state index contributed by atoms with van der Waals surface area (Å²) < 4.78 is 15.1. The molecule has 1 aromatic rings. The third-order valence-corrected chi connectivity index (χ3v) is 4.20. The minimum absolute atomic E-state index is 0.147. The summed E-state index contributed by atoms with van der Waals surface area (Å²) in [5, 5.41) is 0. The van der Waals surface area contributed by atoms with Crippen molar-refractivity contribution in [3.05, 3.63) is 45.8 Å². The van der Waals surface area contributed by atoms with E-state index in [0.717, 1.165) is 39.8 Å². The van der Waals surface area contributed by atoms with E-state index in [1.165, 1.54) is 0 Å². The minimum Gasteiger partial charge on any atom is -0.349 e. The highest BCUT2D eigenvalue weighted by atomic mass is 79.9. The molecule has 0 radical (unpaired) electrons. The van der Waals surface area contributed by atoms with Crippen LogP contribution in [-0.2, 0) is 6.42 Å². The fraction of sp³-hybridized carbons (Fsp3) is 0.333. The number of anilines is 1. The summed E-state index contributed by atoms with van der Waals surface area (Å²) in [6.45, 7) is 7.89. The summed E-state index contributed by atoms with van der Waals surface area (Å²) >= 11 is 3.42. The molecule has 0 bridgehead atoms. The molecule has 0 unspecified atom stereocenters. The van der Waals surface area contributed by atoms with E-state index in [1.54, 1.807) is 6.07 Å². The second kappa shape index (κ2) is 4.88. The van der Waals surface area contributed by atoms with Crippen molar-refractivity contribution in [2.45, 2.75) is 26.7 Å². The van der Waals surface area contributed by atoms with Gasteiger partial charge in [0.2, 0.25) is 0 Å². The van der Waals surface area contributed by atoms with E-state index >= 15 is 0 Å². The Morgan fingerprint density at radius 1 is 1.33 bits per heavy atom. The lowest BCUT2D eigenvalue weighted by atomic mass is 9.95. The molecule has 96 valence electrons. The van der Waals surface area contributed by atoms with Gasteiger partial charge in [-0.05, 0) is 54.4 Å². The molecule has 0 saturated carbocycles. The molecule has 0 fully saturated rings. The quantitative estimate of drug-likeness (QED) is 0.715. The Balaban J connectivity index is 2.60. The Morgan fingerprint density at radius 2 is 2.00 bits per heavy atom. The third-order valence-electron chi connectivity index (χ3n) is 3.61. The predicted octanol–water partition coefficient (Wildman–Crippen LogP) is 4.87. The lowest BCUT2D eigenvalue weighted by molar-refractivity contribution is 0.619. The van der Waals surface area contributed by atoms with Gasteiger partial charge in [0.05, 0.1) is 0 Å². The van der Waals surface area contributed by atoms with Gasteiger partial charge in [0.15, 0.2) is 0 Å². The zero-order valence-corrected chi connectivity index (χ0v) is 12.6. The highest BCUT2D eigenvalue weighted by molar-refractivity contribution is 9.11. The molecular weight excluding hydrogens is 293 g/mol. The maximum Gasteiger partial charge on any atom is 0.131 e. The van der Waals surface area contributed by atoms with Crippen LogP contribution in [0.2, 0.25) is 0 Å². The average Bonchev–Trinajstić information content (AvgIpc) is 2.32. The van der Waals surface area contributed by atoms with Crippen molar-refractivity contribution in [1.82, 2.24) is 0 Å². The Bertz CT molecular complexity index is 542. The molecule has 1 aromatic carbocycles. The fourth-order valence-electron chi connectivity index (χ4n) is 2.21. The van der Waals surface area contributed by atoms with Crippen LogP contribution in [0.4, 0.5) is 10.1 Å². The summed E-state index contributed by atoms with van der Waals surface area (Å²) in [5.41, 5.74) is 4.80. The molecule has 0 aromatic heterocycles. The molecule has 1 aliphatic heterocycles. The summed E-state index contributed by atoms with van der Waals surface area (Å²) in [5.74, 6) is -0.147. The van der Waals surface area contributed by atoms with Gasteiger partial charge in [0, 0.05) is 24.0 Å². The van der Waals surface area contributed by atoms with Crippen LogP contribution in [0, 0.1) is 5.82 Å². The average molecular weight is 310 g/mol. The van der Waals surface area contributed by atoms with E-state index < -0.39 is 0 Å². The molecule has 0 spiro atoms. The first-order chi connectivity index (χ1) is 8.41. The molecule has 0 atom stereocenters. The predicted molar refractivity (Wildman–Crippen MR) is 79.5 cm³/mol. The van der Waals surface area contributed by atoms with Gasteiger partial charge in [-0.15, -0.1) is 0 Å². The molecule has 0 saturated heterocycles. The Hall–Kier alpha value is -1.09. The number of halogens is 2. The van der Waals surface area contributed by atoms with E-state index in [2.05, 4.69) is 27.4 Å². The number of allylic oxidation sites excluding steroid dienone is 3. The van der Waals surface area contributed by atoms with E-state index in [1.807, 2.05) is 27.0 Å². The molecule has 1 aliphatic rings. The highest BCUT2D eigenvalue weighted by Gasteiger charge is 2.20. The minimum atomic E-state index is -0.147. The van der Waals surface area contributed by atoms with Crippen molar-refractivity contribution in [3.8, 4) is 0 Å². The van der Waals surface area contributed by atoms with Crippen molar-refractivity contribution in [2.24, 2.45) is 0 Å². The van der Waals surface area contributed by atoms with Gasteiger partial charge in [-0.3, -0.25) is 0 Å². The van der Waals surface area contributed by atoms with Gasteiger partial charge < -0.3 is 4.90 Å². The van der Waals surface area contributed by atoms with Crippen LogP contribution in [0.15, 0.2) is 28.9 Å². The SMILES string of the molecule is C=C1CCc2cc(F)c(/C(C)=C(/C)Br)cc2N1C. The first-order valence-electron chi connectivity index (χ1n) is 5.99. The maximum atomic E-state index is 14.1. The summed E-state index contributed by atoms with van der Waals surface area (Å²) in [6, 6.07) is 3.59. The van der Waals surface area contributed by atoms with Crippen molar-refractivity contribution < 1.29 is 4.39 Å². The molecule has 0 N–H and O–H groups in total. The van der Waals surface area contributed by atoms with Crippen molar-refractivity contribution in [2.75, 3.05) is 11.9 Å². The van der Waals surface area contributed by atoms with Gasteiger partial charge in [-0.2, -0.15) is 0 Å². The number of rotatable bonds is 1. The van der Waals surface area contributed by atoms with Crippen LogP contribution in [0.3, 0.4) is 0 Å². The summed E-state index contributed by atoms with van der Waals surface area (Å²) in [4.78, 5) is 2.05. The second-order valence-corrected chi connectivity index (χ2v) is 5.93. The van der Waals surface area contributed by atoms with Crippen molar-refractivity contribution >= 4 is 27.2 Å². The molecule has 2 rings (SSSR count). The van der Waals surface area contributed by atoms with E-state index in [-0.39, 0.29) is 5.82 Å². The topological polar surface area (TPSA) is 3.24 Å². The molecular formula is C15H17BrFN. The van der Waals surface area contributed by atoms with E-state index in [0.29, 0.717) is 5.56 Å². The first kappa shape index (κ1) is 13.3. The van der Waals surface area contributed by atoms with Gasteiger partial charge in [-0.1, -0.05) is 22.5 Å². The molecule has 1 heterocycles. The summed E-state index contributed by atoms with van der Waals surface area (Å²) in [6.07, 6.45) is 1.76. The van der Waals surface area contributed by atoms with Crippen LogP contribution in [0.5, 0.6) is 0 Å². The van der Waals surface area contributed by atoms with Gasteiger partial charge in [-0.25, -0.2) is 4.39 Å². The number of aryl methyl sites for hydroxylation is 1. The van der Waals surface area contributed by atoms with E-state index in [9.17, 15) is 4.39 Å². The van der Waals surface area contributed by atoms with Crippen LogP contribution < -0.4 is 4.90 Å². The number of hydrogen-bond donors (Lipinski definition) is 0. The third kappa shape index (κ3) is 2.24. The van der Waals surface area contributed by atoms with Crippen molar-refractivity contribution in [3.63, 3.8) is 0 Å². The van der Waals surface area contributed by atoms with Gasteiger partial charge in [0.1, 0.15) is 5.82 Å². The molecule has 0 aliphatic carbocycles. The second-order valence-electron chi connectivity index (χ2n) is 4.74. The van der Waals surface area contributed by atoms with Crippen molar-refractivity contribution in [1.29, 1.82) is 0 Å². The first-order valence-corrected chi connectivity index (χ1v) is 6.78. The van der Waals surface area contributed by atoms with Crippen LogP contribution in [-0.4, -0.2) is 7.05 Å². The molecule has 0 amide bonds.